The highest BCUT2D eigenvalue weighted by molar-refractivity contribution is 7.91. The summed E-state index contributed by atoms with van der Waals surface area (Å²) in [6.07, 6.45) is 0.727. The zero-order valence-corrected chi connectivity index (χ0v) is 16.6. The minimum Gasteiger partial charge on any atom is -0.496 e. The Balaban J connectivity index is 1.70. The smallest absolute Gasteiger partial charge is 0.227 e. The third-order valence-electron chi connectivity index (χ3n) is 4.77. The van der Waals surface area contributed by atoms with Crippen molar-refractivity contribution in [1.29, 1.82) is 0 Å². The number of ether oxygens (including phenoxy) is 1. The average Bonchev–Trinajstić information content (AvgIpc) is 3.06. The van der Waals surface area contributed by atoms with Crippen molar-refractivity contribution in [1.82, 2.24) is 4.90 Å². The standard InChI is InChI=1S/C19H23NO4S2/c1-14-12-15(5-6-16(14)24-2)13-19(21)20-8-7-18(17-4-3-10-25-17)26(22,23)11-9-20/h3-6,10,12,18H,7-9,11,13H2,1-2H3. The highest BCUT2D eigenvalue weighted by atomic mass is 32.2. The second kappa shape index (κ2) is 7.80. The molecule has 0 radical (unpaired) electrons. The number of hydrogen-bond donors (Lipinski definition) is 0. The maximum absolute atomic E-state index is 12.7. The van der Waals surface area contributed by atoms with Crippen LogP contribution in [0.2, 0.25) is 0 Å². The molecule has 5 nitrogen and oxygen atoms in total. The number of aryl methyl sites for hydroxylation is 1. The lowest BCUT2D eigenvalue weighted by Crippen LogP contribution is -2.34. The van der Waals surface area contributed by atoms with E-state index in [0.717, 1.165) is 21.8 Å². The average molecular weight is 394 g/mol. The summed E-state index contributed by atoms with van der Waals surface area (Å²) in [4.78, 5) is 15.2. The number of rotatable bonds is 4. The van der Waals surface area contributed by atoms with Gasteiger partial charge < -0.3 is 9.64 Å². The molecule has 7 heteroatoms. The van der Waals surface area contributed by atoms with Gasteiger partial charge in [0.15, 0.2) is 9.84 Å². The van der Waals surface area contributed by atoms with E-state index >= 15 is 0 Å². The molecule has 0 bridgehead atoms. The highest BCUT2D eigenvalue weighted by Gasteiger charge is 2.33. The van der Waals surface area contributed by atoms with Gasteiger partial charge in [-0.2, -0.15) is 0 Å². The normalized spacial score (nSPS) is 19.8. The second-order valence-electron chi connectivity index (χ2n) is 6.52. The molecule has 1 atom stereocenters. The van der Waals surface area contributed by atoms with Crippen molar-refractivity contribution >= 4 is 27.1 Å². The predicted molar refractivity (Wildman–Crippen MR) is 103 cm³/mol. The molecule has 2 aromatic rings. The summed E-state index contributed by atoms with van der Waals surface area (Å²) in [5.41, 5.74) is 1.89. The number of nitrogens with zero attached hydrogens (tertiary/aromatic N) is 1. The first kappa shape index (κ1) is 18.9. The molecule has 26 heavy (non-hydrogen) atoms. The van der Waals surface area contributed by atoms with Crippen LogP contribution in [0.3, 0.4) is 0 Å². The number of carbonyl (C=O) groups excluding carboxylic acids is 1. The van der Waals surface area contributed by atoms with Crippen LogP contribution in [0.5, 0.6) is 5.75 Å². The molecule has 140 valence electrons. The molecular weight excluding hydrogens is 370 g/mol. The largest absolute Gasteiger partial charge is 0.496 e. The van der Waals surface area contributed by atoms with E-state index in [2.05, 4.69) is 0 Å². The Morgan fingerprint density at radius 2 is 2.12 bits per heavy atom. The molecule has 1 aromatic heterocycles. The van der Waals surface area contributed by atoms with Crippen LogP contribution in [-0.2, 0) is 21.1 Å². The third-order valence-corrected chi connectivity index (χ3v) is 8.01. The molecule has 1 aliphatic heterocycles. The fourth-order valence-electron chi connectivity index (χ4n) is 3.32. The molecule has 1 fully saturated rings. The van der Waals surface area contributed by atoms with Gasteiger partial charge in [0, 0.05) is 18.0 Å². The van der Waals surface area contributed by atoms with Crippen LogP contribution in [0.15, 0.2) is 35.7 Å². The number of hydrogen-bond acceptors (Lipinski definition) is 5. The van der Waals surface area contributed by atoms with Gasteiger partial charge in [-0.05, 0) is 42.0 Å². The Hall–Kier alpha value is -1.86. The van der Waals surface area contributed by atoms with E-state index in [1.165, 1.54) is 11.3 Å². The van der Waals surface area contributed by atoms with Crippen molar-refractivity contribution in [3.05, 3.63) is 51.7 Å². The van der Waals surface area contributed by atoms with Crippen molar-refractivity contribution in [2.24, 2.45) is 0 Å². The zero-order chi connectivity index (χ0) is 18.7. The molecule has 1 aliphatic rings. The minimum absolute atomic E-state index is 0.0168. The maximum atomic E-state index is 12.7. The van der Waals surface area contributed by atoms with Gasteiger partial charge in [-0.1, -0.05) is 18.2 Å². The van der Waals surface area contributed by atoms with E-state index in [4.69, 9.17) is 4.74 Å². The number of benzene rings is 1. The molecule has 1 saturated heterocycles. The first-order valence-electron chi connectivity index (χ1n) is 8.57. The van der Waals surface area contributed by atoms with Crippen LogP contribution in [0, 0.1) is 6.92 Å². The predicted octanol–water partition coefficient (Wildman–Crippen LogP) is 3.00. The fourth-order valence-corrected chi connectivity index (χ4v) is 6.33. The summed E-state index contributed by atoms with van der Waals surface area (Å²) in [6.45, 7) is 2.67. The van der Waals surface area contributed by atoms with Gasteiger partial charge in [-0.3, -0.25) is 4.79 Å². The number of sulfone groups is 1. The Labute approximate surface area is 158 Å². The summed E-state index contributed by atoms with van der Waals surface area (Å²) < 4.78 is 30.4. The van der Waals surface area contributed by atoms with Crippen LogP contribution in [-0.4, -0.2) is 45.2 Å². The van der Waals surface area contributed by atoms with Crippen LogP contribution in [0.25, 0.3) is 0 Å². The molecule has 1 aromatic carbocycles. The Morgan fingerprint density at radius 1 is 1.31 bits per heavy atom. The van der Waals surface area contributed by atoms with Crippen molar-refractivity contribution in [2.45, 2.75) is 25.0 Å². The van der Waals surface area contributed by atoms with E-state index in [1.807, 2.05) is 42.6 Å². The summed E-state index contributed by atoms with van der Waals surface area (Å²) >= 11 is 1.46. The first-order valence-corrected chi connectivity index (χ1v) is 11.2. The van der Waals surface area contributed by atoms with Crippen molar-refractivity contribution in [3.8, 4) is 5.75 Å². The van der Waals surface area contributed by atoms with E-state index in [9.17, 15) is 13.2 Å². The maximum Gasteiger partial charge on any atom is 0.227 e. The zero-order valence-electron chi connectivity index (χ0n) is 15.0. The molecule has 1 amide bonds. The van der Waals surface area contributed by atoms with Crippen molar-refractivity contribution in [2.75, 3.05) is 26.0 Å². The van der Waals surface area contributed by atoms with E-state index in [1.54, 1.807) is 12.0 Å². The number of methoxy groups -OCH3 is 1. The molecule has 0 saturated carbocycles. The third kappa shape index (κ3) is 4.10. The molecule has 0 aliphatic carbocycles. The summed E-state index contributed by atoms with van der Waals surface area (Å²) in [7, 11) is -1.62. The van der Waals surface area contributed by atoms with Gasteiger partial charge in [0.1, 0.15) is 5.75 Å². The van der Waals surface area contributed by atoms with Crippen LogP contribution in [0.1, 0.15) is 27.7 Å². The van der Waals surface area contributed by atoms with Gasteiger partial charge in [0.05, 0.1) is 24.5 Å². The summed E-state index contributed by atoms with van der Waals surface area (Å²) in [5, 5.41) is 1.40. The van der Waals surface area contributed by atoms with Gasteiger partial charge >= 0.3 is 0 Å². The van der Waals surface area contributed by atoms with Crippen LogP contribution < -0.4 is 4.74 Å². The molecular formula is C19H23NO4S2. The van der Waals surface area contributed by atoms with Crippen molar-refractivity contribution < 1.29 is 17.9 Å². The molecule has 2 heterocycles. The molecule has 0 N–H and O–H groups in total. The summed E-state index contributed by atoms with van der Waals surface area (Å²) in [6, 6.07) is 9.42. The monoisotopic (exact) mass is 393 g/mol. The SMILES string of the molecule is COc1ccc(CC(=O)N2CCC(c3cccs3)S(=O)(=O)CC2)cc1C. The van der Waals surface area contributed by atoms with Crippen LogP contribution >= 0.6 is 11.3 Å². The Bertz CT molecular complexity index is 875. The van der Waals surface area contributed by atoms with E-state index in [0.29, 0.717) is 13.0 Å². The Morgan fingerprint density at radius 3 is 2.77 bits per heavy atom. The van der Waals surface area contributed by atoms with E-state index in [-0.39, 0.29) is 24.6 Å². The second-order valence-corrected chi connectivity index (χ2v) is 9.80. The number of carbonyl (C=O) groups is 1. The first-order chi connectivity index (χ1) is 12.4. The van der Waals surface area contributed by atoms with Gasteiger partial charge in [-0.25, -0.2) is 8.42 Å². The quantitative estimate of drug-likeness (QED) is 0.801. The lowest BCUT2D eigenvalue weighted by molar-refractivity contribution is -0.130. The molecule has 3 rings (SSSR count). The van der Waals surface area contributed by atoms with E-state index < -0.39 is 15.1 Å². The minimum atomic E-state index is -3.24. The topological polar surface area (TPSA) is 63.7 Å². The van der Waals surface area contributed by atoms with Crippen molar-refractivity contribution in [3.63, 3.8) is 0 Å². The fraction of sp³-hybridized carbons (Fsp3) is 0.421. The van der Waals surface area contributed by atoms with Gasteiger partial charge in [0.2, 0.25) is 5.91 Å². The summed E-state index contributed by atoms with van der Waals surface area (Å²) in [5.74, 6) is 0.778. The highest BCUT2D eigenvalue weighted by Crippen LogP contribution is 2.32. The van der Waals surface area contributed by atoms with Crippen LogP contribution in [0.4, 0.5) is 0 Å². The number of thiophene rings is 1. The molecule has 1 unspecified atom stereocenters. The Kier molecular flexibility index (Phi) is 5.67. The number of amides is 1. The lowest BCUT2D eigenvalue weighted by Gasteiger charge is -2.20. The van der Waals surface area contributed by atoms with Gasteiger partial charge in [-0.15, -0.1) is 11.3 Å². The van der Waals surface area contributed by atoms with Gasteiger partial charge in [0.25, 0.3) is 0 Å². The molecule has 0 spiro atoms. The lowest BCUT2D eigenvalue weighted by atomic mass is 10.1.